The van der Waals surface area contributed by atoms with Gasteiger partial charge in [0, 0.05) is 5.69 Å². The first-order valence-corrected chi connectivity index (χ1v) is 8.23. The maximum atomic E-state index is 12.0. The number of rotatable bonds is 3. The lowest BCUT2D eigenvalue weighted by Gasteiger charge is -2.12. The van der Waals surface area contributed by atoms with Crippen molar-refractivity contribution in [2.45, 2.75) is 18.7 Å². The van der Waals surface area contributed by atoms with Crippen molar-refractivity contribution < 1.29 is 17.6 Å². The van der Waals surface area contributed by atoms with Crippen LogP contribution in [0.15, 0.2) is 38.2 Å². The van der Waals surface area contributed by atoms with Gasteiger partial charge in [-0.15, -0.1) is 0 Å². The van der Waals surface area contributed by atoms with Crippen molar-refractivity contribution in [2.75, 3.05) is 5.32 Å². The van der Waals surface area contributed by atoms with E-state index >= 15 is 0 Å². The third kappa shape index (κ3) is 3.52. The molecule has 1 amide bonds. The zero-order valence-corrected chi connectivity index (χ0v) is 13.7. The highest BCUT2D eigenvalue weighted by Crippen LogP contribution is 2.24. The predicted molar refractivity (Wildman–Crippen MR) is 81.7 cm³/mol. The van der Waals surface area contributed by atoms with Gasteiger partial charge in [0.05, 0.1) is 4.90 Å². The van der Waals surface area contributed by atoms with Crippen LogP contribution in [0.25, 0.3) is 0 Å². The van der Waals surface area contributed by atoms with E-state index in [4.69, 9.17) is 9.56 Å². The molecular formula is C13H13BrN2O4S. The van der Waals surface area contributed by atoms with Crippen molar-refractivity contribution in [3.8, 4) is 0 Å². The highest BCUT2D eigenvalue weighted by atomic mass is 79.9. The molecule has 0 bridgehead atoms. The van der Waals surface area contributed by atoms with Crippen molar-refractivity contribution in [3.63, 3.8) is 0 Å². The van der Waals surface area contributed by atoms with Gasteiger partial charge in [-0.2, -0.15) is 0 Å². The Morgan fingerprint density at radius 3 is 2.48 bits per heavy atom. The number of aryl methyl sites for hydroxylation is 1. The van der Waals surface area contributed by atoms with E-state index in [-0.39, 0.29) is 10.7 Å². The van der Waals surface area contributed by atoms with E-state index in [0.29, 0.717) is 15.9 Å². The molecule has 0 radical (unpaired) electrons. The molecule has 0 aliphatic carbocycles. The van der Waals surface area contributed by atoms with Gasteiger partial charge in [-0.1, -0.05) is 0 Å². The monoisotopic (exact) mass is 372 g/mol. The third-order valence-corrected chi connectivity index (χ3v) is 4.33. The van der Waals surface area contributed by atoms with E-state index in [2.05, 4.69) is 21.2 Å². The van der Waals surface area contributed by atoms with Gasteiger partial charge in [0.25, 0.3) is 5.91 Å². The van der Waals surface area contributed by atoms with Crippen molar-refractivity contribution in [1.29, 1.82) is 0 Å². The van der Waals surface area contributed by atoms with Crippen LogP contribution in [0.1, 0.15) is 21.7 Å². The number of carbonyl (C=O) groups is 1. The quantitative estimate of drug-likeness (QED) is 0.863. The zero-order chi connectivity index (χ0) is 15.8. The molecule has 21 heavy (non-hydrogen) atoms. The van der Waals surface area contributed by atoms with Crippen molar-refractivity contribution >= 4 is 37.5 Å². The third-order valence-electron chi connectivity index (χ3n) is 3.01. The maximum Gasteiger partial charge on any atom is 0.291 e. The number of carbonyl (C=O) groups excluding carboxylic acids is 1. The molecule has 1 aromatic carbocycles. The summed E-state index contributed by atoms with van der Waals surface area (Å²) in [6.07, 6.45) is 0. The molecule has 2 aromatic rings. The van der Waals surface area contributed by atoms with Crippen molar-refractivity contribution in [2.24, 2.45) is 5.14 Å². The summed E-state index contributed by atoms with van der Waals surface area (Å²) in [5.74, 6) is -0.366. The first kappa shape index (κ1) is 15.7. The van der Waals surface area contributed by atoms with Crippen molar-refractivity contribution in [1.82, 2.24) is 0 Å². The number of hydrogen-bond acceptors (Lipinski definition) is 4. The Bertz CT molecular complexity index is 812. The number of nitrogens with two attached hydrogens (primary N) is 1. The topological polar surface area (TPSA) is 102 Å². The number of sulfonamides is 1. The SMILES string of the molecule is Cc1cc(S(N)(=O)=O)cc(NC(=O)c2ccc(Br)o2)c1C. The summed E-state index contributed by atoms with van der Waals surface area (Å²) in [6, 6.07) is 5.89. The molecule has 2 rings (SSSR count). The number of hydrogen-bond donors (Lipinski definition) is 2. The summed E-state index contributed by atoms with van der Waals surface area (Å²) in [7, 11) is -3.84. The van der Waals surface area contributed by atoms with E-state index in [1.54, 1.807) is 19.9 Å². The number of nitrogens with one attached hydrogen (secondary N) is 1. The first-order chi connectivity index (χ1) is 9.68. The van der Waals surface area contributed by atoms with Crippen LogP contribution >= 0.6 is 15.9 Å². The Labute approximate surface area is 130 Å². The van der Waals surface area contributed by atoms with Crippen LogP contribution in [0.2, 0.25) is 0 Å². The lowest BCUT2D eigenvalue weighted by atomic mass is 10.1. The molecule has 0 saturated heterocycles. The molecule has 3 N–H and O–H groups in total. The van der Waals surface area contributed by atoms with Gasteiger partial charge in [0.15, 0.2) is 10.4 Å². The summed E-state index contributed by atoms with van der Waals surface area (Å²) in [5, 5.41) is 7.74. The number of halogens is 1. The number of amides is 1. The fourth-order valence-corrected chi connectivity index (χ4v) is 2.67. The van der Waals surface area contributed by atoms with Gasteiger partial charge < -0.3 is 9.73 Å². The Morgan fingerprint density at radius 1 is 1.29 bits per heavy atom. The summed E-state index contributed by atoms with van der Waals surface area (Å²) in [5.41, 5.74) is 1.83. The van der Waals surface area contributed by atoms with Gasteiger partial charge >= 0.3 is 0 Å². The van der Waals surface area contributed by atoms with E-state index in [9.17, 15) is 13.2 Å². The Morgan fingerprint density at radius 2 is 1.95 bits per heavy atom. The minimum Gasteiger partial charge on any atom is -0.444 e. The molecule has 0 fully saturated rings. The van der Waals surface area contributed by atoms with Gasteiger partial charge in [-0.25, -0.2) is 13.6 Å². The molecule has 112 valence electrons. The predicted octanol–water partition coefficient (Wildman–Crippen LogP) is 2.56. The molecule has 0 spiro atoms. The van der Waals surface area contributed by atoms with Gasteiger partial charge in [-0.3, -0.25) is 4.79 Å². The standard InChI is InChI=1S/C13H13BrN2O4S/c1-7-5-9(21(15,18)19)6-10(8(7)2)16-13(17)11-3-4-12(14)20-11/h3-6H,1-2H3,(H,16,17)(H2,15,18,19). The van der Waals surface area contributed by atoms with Crippen LogP contribution in [0.4, 0.5) is 5.69 Å². The number of primary sulfonamides is 1. The molecular weight excluding hydrogens is 360 g/mol. The molecule has 8 heteroatoms. The Kier molecular flexibility index (Phi) is 4.22. The van der Waals surface area contributed by atoms with Crippen LogP contribution in [-0.4, -0.2) is 14.3 Å². The normalized spacial score (nSPS) is 11.4. The second-order valence-corrected chi connectivity index (χ2v) is 6.86. The molecule has 6 nitrogen and oxygen atoms in total. The highest BCUT2D eigenvalue weighted by Gasteiger charge is 2.16. The van der Waals surface area contributed by atoms with E-state index in [1.807, 2.05) is 0 Å². The number of benzene rings is 1. The van der Waals surface area contributed by atoms with Crippen LogP contribution in [0.3, 0.4) is 0 Å². The maximum absolute atomic E-state index is 12.0. The van der Waals surface area contributed by atoms with Gasteiger partial charge in [0.1, 0.15) is 0 Å². The fraction of sp³-hybridized carbons (Fsp3) is 0.154. The average molecular weight is 373 g/mol. The molecule has 1 heterocycles. The summed E-state index contributed by atoms with van der Waals surface area (Å²) in [4.78, 5) is 12.0. The molecule has 0 saturated carbocycles. The fourth-order valence-electron chi connectivity index (χ4n) is 1.74. The van der Waals surface area contributed by atoms with E-state index in [1.165, 1.54) is 18.2 Å². The molecule has 0 aliphatic rings. The smallest absolute Gasteiger partial charge is 0.291 e. The molecule has 0 unspecified atom stereocenters. The minimum absolute atomic E-state index is 0.0541. The Balaban J connectivity index is 2.40. The summed E-state index contributed by atoms with van der Waals surface area (Å²) in [6.45, 7) is 3.51. The molecule has 0 aliphatic heterocycles. The molecule has 1 aromatic heterocycles. The lowest BCUT2D eigenvalue weighted by Crippen LogP contribution is -2.16. The van der Waals surface area contributed by atoms with Crippen LogP contribution in [0.5, 0.6) is 0 Å². The molecule has 0 atom stereocenters. The first-order valence-electron chi connectivity index (χ1n) is 5.89. The number of anilines is 1. The summed E-state index contributed by atoms with van der Waals surface area (Å²) < 4.78 is 28.5. The Hall–Kier alpha value is -1.64. The van der Waals surface area contributed by atoms with Crippen LogP contribution in [-0.2, 0) is 10.0 Å². The van der Waals surface area contributed by atoms with E-state index < -0.39 is 15.9 Å². The van der Waals surface area contributed by atoms with Gasteiger partial charge in [-0.05, 0) is 65.2 Å². The second kappa shape index (κ2) is 5.63. The van der Waals surface area contributed by atoms with E-state index in [0.717, 1.165) is 5.56 Å². The average Bonchev–Trinajstić information content (AvgIpc) is 2.80. The minimum atomic E-state index is -3.84. The van der Waals surface area contributed by atoms with Crippen molar-refractivity contribution in [3.05, 3.63) is 45.8 Å². The zero-order valence-electron chi connectivity index (χ0n) is 11.3. The van der Waals surface area contributed by atoms with Crippen LogP contribution < -0.4 is 10.5 Å². The number of furan rings is 1. The van der Waals surface area contributed by atoms with Gasteiger partial charge in [0.2, 0.25) is 10.0 Å². The second-order valence-electron chi connectivity index (χ2n) is 4.52. The highest BCUT2D eigenvalue weighted by molar-refractivity contribution is 9.10. The lowest BCUT2D eigenvalue weighted by molar-refractivity contribution is 0.0995. The summed E-state index contributed by atoms with van der Waals surface area (Å²) >= 11 is 3.11. The largest absolute Gasteiger partial charge is 0.444 e. The van der Waals surface area contributed by atoms with Crippen LogP contribution in [0, 0.1) is 13.8 Å².